The second kappa shape index (κ2) is 6.67. The van der Waals surface area contributed by atoms with Crippen LogP contribution in [0.3, 0.4) is 0 Å². The van der Waals surface area contributed by atoms with Gasteiger partial charge in [0, 0.05) is 39.0 Å². The van der Waals surface area contributed by atoms with Gasteiger partial charge >= 0.3 is 0 Å². The molecule has 4 N–H and O–H groups in total. The first-order chi connectivity index (χ1) is 9.69. The van der Waals surface area contributed by atoms with Gasteiger partial charge in [0.1, 0.15) is 5.69 Å². The highest BCUT2D eigenvalue weighted by Gasteiger charge is 2.02. The van der Waals surface area contributed by atoms with Gasteiger partial charge in [-0.05, 0) is 23.8 Å². The number of hydrogen-bond donors (Lipinski definition) is 3. The fourth-order valence-corrected chi connectivity index (χ4v) is 1.82. The molecule has 0 radical (unpaired) electrons. The number of rotatable bonds is 6. The van der Waals surface area contributed by atoms with E-state index in [1.54, 1.807) is 16.9 Å². The molecule has 20 heavy (non-hydrogen) atoms. The molecule has 0 saturated heterocycles. The number of pyridine rings is 1. The number of aromatic nitrogens is 3. The van der Waals surface area contributed by atoms with Crippen LogP contribution in [-0.2, 0) is 20.0 Å². The van der Waals surface area contributed by atoms with Crippen molar-refractivity contribution in [2.45, 2.75) is 13.0 Å². The van der Waals surface area contributed by atoms with Crippen molar-refractivity contribution in [2.75, 3.05) is 6.54 Å². The lowest BCUT2D eigenvalue weighted by molar-refractivity contribution is 0.318. The number of hydrogen-bond acceptors (Lipinski definition) is 5. The van der Waals surface area contributed by atoms with Crippen molar-refractivity contribution in [1.29, 1.82) is 0 Å². The Kier molecular flexibility index (Phi) is 4.67. The summed E-state index contributed by atoms with van der Waals surface area (Å²) in [6.07, 6.45) is 4.45. The van der Waals surface area contributed by atoms with Gasteiger partial charge in [-0.1, -0.05) is 5.16 Å². The molecule has 0 bridgehead atoms. The molecule has 7 heteroatoms. The number of nitrogens with two attached hydrogens (primary N) is 1. The maximum Gasteiger partial charge on any atom is 0.188 e. The Bertz CT molecular complexity index is 592. The molecule has 0 spiro atoms. The maximum atomic E-state index is 8.62. The summed E-state index contributed by atoms with van der Waals surface area (Å²) in [6.45, 7) is 1.53. The Morgan fingerprint density at radius 2 is 2.35 bits per heavy atom. The minimum Gasteiger partial charge on any atom is -0.409 e. The second-order valence-electron chi connectivity index (χ2n) is 4.44. The molecule has 106 valence electrons. The third-order valence-corrected chi connectivity index (χ3v) is 2.85. The number of oxime groups is 1. The van der Waals surface area contributed by atoms with E-state index in [-0.39, 0.29) is 5.84 Å². The van der Waals surface area contributed by atoms with Gasteiger partial charge in [0.15, 0.2) is 5.84 Å². The quantitative estimate of drug-likeness (QED) is 0.230. The van der Waals surface area contributed by atoms with Crippen LogP contribution in [0.4, 0.5) is 0 Å². The van der Waals surface area contributed by atoms with E-state index in [1.807, 2.05) is 25.4 Å². The predicted octanol–water partition coefficient (Wildman–Crippen LogP) is 0.242. The lowest BCUT2D eigenvalue weighted by Crippen LogP contribution is -2.19. The minimum absolute atomic E-state index is 0.0142. The van der Waals surface area contributed by atoms with E-state index in [0.717, 1.165) is 24.2 Å². The molecule has 0 aliphatic heterocycles. The zero-order valence-electron chi connectivity index (χ0n) is 11.3. The van der Waals surface area contributed by atoms with E-state index < -0.39 is 0 Å². The van der Waals surface area contributed by atoms with Crippen LogP contribution in [0.25, 0.3) is 0 Å². The van der Waals surface area contributed by atoms with E-state index in [1.165, 1.54) is 0 Å². The molecule has 0 unspecified atom stereocenters. The van der Waals surface area contributed by atoms with Gasteiger partial charge in [-0.3, -0.25) is 9.67 Å². The summed E-state index contributed by atoms with van der Waals surface area (Å²) in [5.74, 6) is 0.0142. The largest absolute Gasteiger partial charge is 0.409 e. The highest BCUT2D eigenvalue weighted by atomic mass is 16.4. The Balaban J connectivity index is 1.82. The summed E-state index contributed by atoms with van der Waals surface area (Å²) < 4.78 is 1.79. The fourth-order valence-electron chi connectivity index (χ4n) is 1.82. The van der Waals surface area contributed by atoms with Crippen molar-refractivity contribution in [3.63, 3.8) is 0 Å². The molecular formula is C13H18N6O. The third-order valence-electron chi connectivity index (χ3n) is 2.85. The zero-order valence-corrected chi connectivity index (χ0v) is 11.3. The first-order valence-electron chi connectivity index (χ1n) is 6.31. The predicted molar refractivity (Wildman–Crippen MR) is 75.4 cm³/mol. The fraction of sp³-hybridized carbons (Fsp3) is 0.308. The van der Waals surface area contributed by atoms with Crippen LogP contribution in [0.15, 0.2) is 35.7 Å². The highest BCUT2D eigenvalue weighted by Crippen LogP contribution is 2.02. The van der Waals surface area contributed by atoms with Gasteiger partial charge < -0.3 is 16.3 Å². The molecule has 0 atom stereocenters. The SMILES string of the molecule is Cn1ccc(CCNCc2ccnc(/C(N)=N/O)c2)n1. The van der Waals surface area contributed by atoms with Gasteiger partial charge in [-0.15, -0.1) is 0 Å². The van der Waals surface area contributed by atoms with E-state index in [0.29, 0.717) is 12.2 Å². The number of nitrogens with one attached hydrogen (secondary N) is 1. The first kappa shape index (κ1) is 14.0. The summed E-state index contributed by atoms with van der Waals surface area (Å²) in [5.41, 5.74) is 8.06. The molecule has 0 amide bonds. The maximum absolute atomic E-state index is 8.62. The molecule has 2 rings (SSSR count). The highest BCUT2D eigenvalue weighted by molar-refractivity contribution is 5.95. The van der Waals surface area contributed by atoms with E-state index in [4.69, 9.17) is 10.9 Å². The molecule has 0 aliphatic rings. The topological polar surface area (TPSA) is 101 Å². The van der Waals surface area contributed by atoms with Crippen LogP contribution >= 0.6 is 0 Å². The lowest BCUT2D eigenvalue weighted by atomic mass is 10.2. The van der Waals surface area contributed by atoms with Crippen molar-refractivity contribution in [2.24, 2.45) is 17.9 Å². The Morgan fingerprint density at radius 3 is 3.05 bits per heavy atom. The van der Waals surface area contributed by atoms with Crippen LogP contribution in [0.5, 0.6) is 0 Å². The Morgan fingerprint density at radius 1 is 1.50 bits per heavy atom. The van der Waals surface area contributed by atoms with Crippen molar-refractivity contribution in [3.8, 4) is 0 Å². The monoisotopic (exact) mass is 274 g/mol. The van der Waals surface area contributed by atoms with Gasteiger partial charge in [-0.25, -0.2) is 0 Å². The molecule has 2 aromatic heterocycles. The van der Waals surface area contributed by atoms with Crippen LogP contribution in [0.1, 0.15) is 17.0 Å². The standard InChI is InChI=1S/C13H18N6O/c1-19-7-4-11(17-19)3-5-15-9-10-2-6-16-12(8-10)13(14)18-20/h2,4,6-8,15,20H,3,5,9H2,1H3,(H2,14,18). The van der Waals surface area contributed by atoms with Crippen LogP contribution in [0.2, 0.25) is 0 Å². The van der Waals surface area contributed by atoms with Crippen molar-refractivity contribution in [1.82, 2.24) is 20.1 Å². The molecular weight excluding hydrogens is 256 g/mol. The van der Waals surface area contributed by atoms with Crippen LogP contribution in [-0.4, -0.2) is 32.4 Å². The van der Waals surface area contributed by atoms with Crippen molar-refractivity contribution >= 4 is 5.84 Å². The smallest absolute Gasteiger partial charge is 0.188 e. The van der Waals surface area contributed by atoms with E-state index in [9.17, 15) is 0 Å². The normalized spacial score (nSPS) is 11.8. The van der Waals surface area contributed by atoms with Crippen LogP contribution < -0.4 is 11.1 Å². The molecule has 0 aromatic carbocycles. The first-order valence-corrected chi connectivity index (χ1v) is 6.31. The summed E-state index contributed by atoms with van der Waals surface area (Å²) >= 11 is 0. The Labute approximate surface area is 117 Å². The molecule has 0 saturated carbocycles. The minimum atomic E-state index is 0.0142. The summed E-state index contributed by atoms with van der Waals surface area (Å²) in [6, 6.07) is 5.69. The average molecular weight is 274 g/mol. The molecule has 0 fully saturated rings. The lowest BCUT2D eigenvalue weighted by Gasteiger charge is -2.05. The molecule has 2 aromatic rings. The van der Waals surface area contributed by atoms with Gasteiger partial charge in [-0.2, -0.15) is 5.10 Å². The van der Waals surface area contributed by atoms with E-state index >= 15 is 0 Å². The molecule has 7 nitrogen and oxygen atoms in total. The number of aryl methyl sites for hydroxylation is 1. The molecule has 2 heterocycles. The average Bonchev–Trinajstić information content (AvgIpc) is 2.88. The van der Waals surface area contributed by atoms with Gasteiger partial charge in [0.25, 0.3) is 0 Å². The Hall–Kier alpha value is -2.41. The van der Waals surface area contributed by atoms with Gasteiger partial charge in [0.05, 0.1) is 5.69 Å². The van der Waals surface area contributed by atoms with Crippen molar-refractivity contribution in [3.05, 3.63) is 47.5 Å². The number of nitrogens with zero attached hydrogens (tertiary/aromatic N) is 4. The summed E-state index contributed by atoms with van der Waals surface area (Å²) in [5, 5.41) is 19.2. The third kappa shape index (κ3) is 3.79. The van der Waals surface area contributed by atoms with Crippen LogP contribution in [0, 0.1) is 0 Å². The number of amidine groups is 1. The second-order valence-corrected chi connectivity index (χ2v) is 4.44. The van der Waals surface area contributed by atoms with Gasteiger partial charge in [0.2, 0.25) is 0 Å². The van der Waals surface area contributed by atoms with Crippen molar-refractivity contribution < 1.29 is 5.21 Å². The molecule has 0 aliphatic carbocycles. The summed E-state index contributed by atoms with van der Waals surface area (Å²) in [4.78, 5) is 4.03. The summed E-state index contributed by atoms with van der Waals surface area (Å²) in [7, 11) is 1.91. The zero-order chi connectivity index (χ0) is 14.4. The van der Waals surface area contributed by atoms with E-state index in [2.05, 4.69) is 20.6 Å².